The van der Waals surface area contributed by atoms with Crippen LogP contribution in [0.1, 0.15) is 45.7 Å². The Bertz CT molecular complexity index is 1250. The monoisotopic (exact) mass is 479 g/mol. The molecule has 3 rings (SSSR count). The minimum absolute atomic E-state index is 0.226. The number of nitrogens with zero attached hydrogens (tertiary/aromatic N) is 1. The average molecular weight is 480 g/mol. The average Bonchev–Trinajstić information content (AvgIpc) is 2.85. The first-order chi connectivity index (χ1) is 16.3. The van der Waals surface area contributed by atoms with Crippen LogP contribution < -0.4 is 10.6 Å². The molecule has 0 unspecified atom stereocenters. The van der Waals surface area contributed by atoms with Gasteiger partial charge in [0.05, 0.1) is 4.90 Å². The zero-order valence-corrected chi connectivity index (χ0v) is 20.4. The van der Waals surface area contributed by atoms with Crippen LogP contribution in [-0.4, -0.2) is 37.6 Å². The topological polar surface area (TPSA) is 95.6 Å². The summed E-state index contributed by atoms with van der Waals surface area (Å²) in [6.07, 6.45) is 0. The van der Waals surface area contributed by atoms with Gasteiger partial charge in [0.15, 0.2) is 0 Å². The van der Waals surface area contributed by atoms with E-state index >= 15 is 0 Å². The lowest BCUT2D eigenvalue weighted by atomic mass is 10.1. The van der Waals surface area contributed by atoms with E-state index < -0.39 is 10.0 Å². The summed E-state index contributed by atoms with van der Waals surface area (Å²) in [6, 6.07) is 20.5. The summed E-state index contributed by atoms with van der Waals surface area (Å²) in [5.41, 5.74) is 3.12. The van der Waals surface area contributed by atoms with Gasteiger partial charge in [-0.1, -0.05) is 50.2 Å². The third kappa shape index (κ3) is 5.89. The largest absolute Gasteiger partial charge is 0.348 e. The van der Waals surface area contributed by atoms with Crippen LogP contribution in [-0.2, 0) is 16.6 Å². The van der Waals surface area contributed by atoms with E-state index in [1.165, 1.54) is 4.31 Å². The first-order valence-corrected chi connectivity index (χ1v) is 12.5. The van der Waals surface area contributed by atoms with E-state index in [1.54, 1.807) is 80.6 Å². The normalized spacial score (nSPS) is 11.3. The minimum Gasteiger partial charge on any atom is -0.348 e. The summed E-state index contributed by atoms with van der Waals surface area (Å²) in [6.45, 7) is 6.51. The molecule has 0 radical (unpaired) electrons. The molecule has 0 fully saturated rings. The molecule has 0 aliphatic carbocycles. The summed E-state index contributed by atoms with van der Waals surface area (Å²) in [5, 5.41) is 5.69. The van der Waals surface area contributed by atoms with Crippen molar-refractivity contribution in [2.45, 2.75) is 32.2 Å². The number of carbonyl (C=O) groups is 2. The van der Waals surface area contributed by atoms with Gasteiger partial charge in [-0.3, -0.25) is 9.59 Å². The Hall–Kier alpha value is -3.49. The van der Waals surface area contributed by atoms with Gasteiger partial charge in [0.1, 0.15) is 0 Å². The molecule has 0 saturated carbocycles. The molecular weight excluding hydrogens is 450 g/mol. The minimum atomic E-state index is -3.52. The molecule has 0 aliphatic heterocycles. The molecule has 0 spiro atoms. The molecule has 3 aromatic carbocycles. The highest BCUT2D eigenvalue weighted by Crippen LogP contribution is 2.19. The fourth-order valence-corrected chi connectivity index (χ4v) is 4.92. The standard InChI is InChI=1S/C26H29N3O4S/c1-4-29(5-2)34(32,33)23-15-12-20(13-16-23)18-27-25(30)22-14-11-19(3)24(17-22)28-26(31)21-9-7-6-8-10-21/h6-17H,4-5,18H2,1-3H3,(H,27,30)(H,28,31). The molecule has 0 saturated heterocycles. The molecular formula is C26H29N3O4S. The van der Waals surface area contributed by atoms with Crippen molar-refractivity contribution in [3.63, 3.8) is 0 Å². The SMILES string of the molecule is CCN(CC)S(=O)(=O)c1ccc(CNC(=O)c2ccc(C)c(NC(=O)c3ccccc3)c2)cc1. The van der Waals surface area contributed by atoms with E-state index in [0.29, 0.717) is 29.9 Å². The number of hydrogen-bond acceptors (Lipinski definition) is 4. The van der Waals surface area contributed by atoms with Crippen LogP contribution in [0, 0.1) is 6.92 Å². The maximum atomic E-state index is 12.7. The van der Waals surface area contributed by atoms with Crippen LogP contribution in [0.15, 0.2) is 77.7 Å². The number of carbonyl (C=O) groups excluding carboxylic acids is 2. The van der Waals surface area contributed by atoms with E-state index in [2.05, 4.69) is 10.6 Å². The fraction of sp³-hybridized carbons (Fsp3) is 0.231. The zero-order valence-electron chi connectivity index (χ0n) is 19.5. The molecule has 3 aromatic rings. The van der Waals surface area contributed by atoms with Crippen molar-refractivity contribution in [1.29, 1.82) is 0 Å². The second-order valence-electron chi connectivity index (χ2n) is 7.77. The van der Waals surface area contributed by atoms with Gasteiger partial charge in [-0.15, -0.1) is 0 Å². The molecule has 2 N–H and O–H groups in total. The molecule has 0 aliphatic rings. The summed E-state index contributed by atoms with van der Waals surface area (Å²) >= 11 is 0. The number of nitrogens with one attached hydrogen (secondary N) is 2. The van der Waals surface area contributed by atoms with Crippen molar-refractivity contribution < 1.29 is 18.0 Å². The van der Waals surface area contributed by atoms with Crippen LogP contribution in [0.5, 0.6) is 0 Å². The van der Waals surface area contributed by atoms with E-state index in [0.717, 1.165) is 11.1 Å². The Labute approximate surface area is 200 Å². The predicted molar refractivity (Wildman–Crippen MR) is 133 cm³/mol. The zero-order chi connectivity index (χ0) is 24.7. The van der Waals surface area contributed by atoms with Gasteiger partial charge in [-0.05, 0) is 54.4 Å². The van der Waals surface area contributed by atoms with Gasteiger partial charge in [0.2, 0.25) is 10.0 Å². The van der Waals surface area contributed by atoms with Crippen LogP contribution in [0.3, 0.4) is 0 Å². The number of aryl methyl sites for hydroxylation is 1. The number of benzene rings is 3. The van der Waals surface area contributed by atoms with Crippen molar-refractivity contribution in [2.24, 2.45) is 0 Å². The van der Waals surface area contributed by atoms with Crippen LogP contribution in [0.2, 0.25) is 0 Å². The van der Waals surface area contributed by atoms with E-state index in [-0.39, 0.29) is 23.3 Å². The molecule has 0 aromatic heterocycles. The molecule has 8 heteroatoms. The smallest absolute Gasteiger partial charge is 0.255 e. The Kier molecular flexibility index (Phi) is 8.20. The van der Waals surface area contributed by atoms with Crippen LogP contribution >= 0.6 is 0 Å². The van der Waals surface area contributed by atoms with Crippen LogP contribution in [0.25, 0.3) is 0 Å². The summed E-state index contributed by atoms with van der Waals surface area (Å²) in [7, 11) is -3.52. The maximum absolute atomic E-state index is 12.7. The third-order valence-corrected chi connectivity index (χ3v) is 7.57. The second-order valence-corrected chi connectivity index (χ2v) is 9.70. The highest BCUT2D eigenvalue weighted by molar-refractivity contribution is 7.89. The van der Waals surface area contributed by atoms with Gasteiger partial charge in [-0.2, -0.15) is 4.31 Å². The van der Waals surface area contributed by atoms with Crippen LogP contribution in [0.4, 0.5) is 5.69 Å². The molecule has 7 nitrogen and oxygen atoms in total. The fourth-order valence-electron chi connectivity index (χ4n) is 3.46. The predicted octanol–water partition coefficient (Wildman–Crippen LogP) is 4.21. The quantitative estimate of drug-likeness (QED) is 0.481. The number of rotatable bonds is 9. The van der Waals surface area contributed by atoms with Crippen molar-refractivity contribution >= 4 is 27.5 Å². The molecule has 0 bridgehead atoms. The van der Waals surface area contributed by atoms with E-state index in [4.69, 9.17) is 0 Å². The van der Waals surface area contributed by atoms with Crippen molar-refractivity contribution in [3.8, 4) is 0 Å². The Morgan fingerprint density at radius 1 is 0.824 bits per heavy atom. The lowest BCUT2D eigenvalue weighted by Gasteiger charge is -2.18. The third-order valence-electron chi connectivity index (χ3n) is 5.50. The van der Waals surface area contributed by atoms with Crippen molar-refractivity contribution in [1.82, 2.24) is 9.62 Å². The van der Waals surface area contributed by atoms with E-state index in [1.807, 2.05) is 13.0 Å². The lowest BCUT2D eigenvalue weighted by molar-refractivity contribution is 0.0949. The number of amides is 2. The summed E-state index contributed by atoms with van der Waals surface area (Å²) in [5.74, 6) is -0.545. The Morgan fingerprint density at radius 2 is 1.47 bits per heavy atom. The number of anilines is 1. The Balaban J connectivity index is 1.66. The molecule has 0 atom stereocenters. The van der Waals surface area contributed by atoms with E-state index in [9.17, 15) is 18.0 Å². The van der Waals surface area contributed by atoms with Gasteiger partial charge >= 0.3 is 0 Å². The maximum Gasteiger partial charge on any atom is 0.255 e. The highest BCUT2D eigenvalue weighted by Gasteiger charge is 2.21. The lowest BCUT2D eigenvalue weighted by Crippen LogP contribution is -2.30. The highest BCUT2D eigenvalue weighted by atomic mass is 32.2. The first-order valence-electron chi connectivity index (χ1n) is 11.1. The number of hydrogen-bond donors (Lipinski definition) is 2. The molecule has 34 heavy (non-hydrogen) atoms. The first kappa shape index (κ1) is 25.1. The molecule has 0 heterocycles. The van der Waals surface area contributed by atoms with Gasteiger partial charge in [0, 0.05) is 36.4 Å². The van der Waals surface area contributed by atoms with Gasteiger partial charge in [-0.25, -0.2) is 8.42 Å². The van der Waals surface area contributed by atoms with Gasteiger partial charge in [0.25, 0.3) is 11.8 Å². The summed E-state index contributed by atoms with van der Waals surface area (Å²) in [4.78, 5) is 25.4. The van der Waals surface area contributed by atoms with Crippen molar-refractivity contribution in [3.05, 3.63) is 95.1 Å². The van der Waals surface area contributed by atoms with Crippen molar-refractivity contribution in [2.75, 3.05) is 18.4 Å². The number of sulfonamides is 1. The molecule has 178 valence electrons. The Morgan fingerprint density at radius 3 is 2.09 bits per heavy atom. The van der Waals surface area contributed by atoms with Gasteiger partial charge < -0.3 is 10.6 Å². The summed E-state index contributed by atoms with van der Waals surface area (Å²) < 4.78 is 26.6. The second kappa shape index (κ2) is 11.1. The molecule has 2 amide bonds.